The monoisotopic (exact) mass is 114 g/mol. The first-order chi connectivity index (χ1) is 3.29. The Morgan fingerprint density at radius 2 is 2.57 bits per heavy atom. The SMILES string of the molecule is C=C1CCC(C)S1. The summed E-state index contributed by atoms with van der Waals surface area (Å²) in [5, 5.41) is 0.840. The number of allylic oxidation sites excluding steroid dienone is 1. The van der Waals surface area contributed by atoms with Gasteiger partial charge in [0.2, 0.25) is 0 Å². The third kappa shape index (κ3) is 1.23. The number of rotatable bonds is 0. The van der Waals surface area contributed by atoms with Crippen LogP contribution >= 0.6 is 11.8 Å². The van der Waals surface area contributed by atoms with Gasteiger partial charge in [0.25, 0.3) is 0 Å². The topological polar surface area (TPSA) is 0 Å². The first kappa shape index (κ1) is 5.23. The Morgan fingerprint density at radius 1 is 1.86 bits per heavy atom. The van der Waals surface area contributed by atoms with E-state index in [-0.39, 0.29) is 0 Å². The predicted octanol–water partition coefficient (Wildman–Crippen LogP) is 2.42. The molecule has 1 saturated heterocycles. The van der Waals surface area contributed by atoms with Gasteiger partial charge in [0.1, 0.15) is 0 Å². The molecule has 40 valence electrons. The van der Waals surface area contributed by atoms with E-state index in [2.05, 4.69) is 13.5 Å². The van der Waals surface area contributed by atoms with E-state index >= 15 is 0 Å². The van der Waals surface area contributed by atoms with Crippen LogP contribution in [0.4, 0.5) is 0 Å². The van der Waals surface area contributed by atoms with Crippen LogP contribution < -0.4 is 0 Å². The first-order valence-corrected chi connectivity index (χ1v) is 3.51. The van der Waals surface area contributed by atoms with Crippen molar-refractivity contribution in [3.63, 3.8) is 0 Å². The molecule has 0 amide bonds. The minimum absolute atomic E-state index is 0.840. The minimum atomic E-state index is 0.840. The quantitative estimate of drug-likeness (QED) is 0.466. The summed E-state index contributed by atoms with van der Waals surface area (Å²) in [6.07, 6.45) is 2.58. The van der Waals surface area contributed by atoms with E-state index in [0.717, 1.165) is 5.25 Å². The summed E-state index contributed by atoms with van der Waals surface area (Å²) in [7, 11) is 0. The van der Waals surface area contributed by atoms with E-state index in [4.69, 9.17) is 0 Å². The third-order valence-electron chi connectivity index (χ3n) is 1.20. The largest absolute Gasteiger partial charge is 0.128 e. The smallest absolute Gasteiger partial charge is 0.00659 e. The van der Waals surface area contributed by atoms with Crippen LogP contribution in [0.3, 0.4) is 0 Å². The molecule has 0 aromatic carbocycles. The van der Waals surface area contributed by atoms with E-state index < -0.39 is 0 Å². The van der Waals surface area contributed by atoms with Crippen molar-refractivity contribution in [3.05, 3.63) is 11.5 Å². The average molecular weight is 114 g/mol. The molecule has 7 heavy (non-hydrogen) atoms. The van der Waals surface area contributed by atoms with E-state index in [0.29, 0.717) is 0 Å². The van der Waals surface area contributed by atoms with Crippen LogP contribution in [0.25, 0.3) is 0 Å². The number of hydrogen-bond acceptors (Lipinski definition) is 1. The van der Waals surface area contributed by atoms with Gasteiger partial charge in [-0.25, -0.2) is 0 Å². The van der Waals surface area contributed by atoms with Gasteiger partial charge in [0.15, 0.2) is 0 Å². The van der Waals surface area contributed by atoms with Gasteiger partial charge in [-0.05, 0) is 17.7 Å². The van der Waals surface area contributed by atoms with Crippen molar-refractivity contribution >= 4 is 11.8 Å². The second-order valence-electron chi connectivity index (χ2n) is 2.01. The van der Waals surface area contributed by atoms with Crippen molar-refractivity contribution in [3.8, 4) is 0 Å². The maximum absolute atomic E-state index is 3.87. The van der Waals surface area contributed by atoms with Gasteiger partial charge >= 0.3 is 0 Å². The van der Waals surface area contributed by atoms with Gasteiger partial charge < -0.3 is 0 Å². The second-order valence-corrected chi connectivity index (χ2v) is 3.62. The molecule has 1 heterocycles. The highest BCUT2D eigenvalue weighted by atomic mass is 32.2. The summed E-state index contributed by atoms with van der Waals surface area (Å²) in [6, 6.07) is 0. The molecular formula is C6H10S. The van der Waals surface area contributed by atoms with Crippen LogP contribution in [0, 0.1) is 0 Å². The lowest BCUT2D eigenvalue weighted by Crippen LogP contribution is -1.81. The fraction of sp³-hybridized carbons (Fsp3) is 0.667. The molecule has 0 aromatic heterocycles. The van der Waals surface area contributed by atoms with E-state index in [1.165, 1.54) is 17.7 Å². The summed E-state index contributed by atoms with van der Waals surface area (Å²) < 4.78 is 0. The van der Waals surface area contributed by atoms with Crippen molar-refractivity contribution in [2.45, 2.75) is 25.0 Å². The Balaban J connectivity index is 2.40. The molecule has 1 aliphatic heterocycles. The van der Waals surface area contributed by atoms with Crippen molar-refractivity contribution < 1.29 is 0 Å². The molecule has 0 bridgehead atoms. The number of hydrogen-bond donors (Lipinski definition) is 0. The van der Waals surface area contributed by atoms with E-state index in [1.54, 1.807) is 0 Å². The Bertz CT molecular complexity index is 86.2. The van der Waals surface area contributed by atoms with Gasteiger partial charge in [-0.1, -0.05) is 13.5 Å². The molecule has 1 atom stereocenters. The summed E-state index contributed by atoms with van der Waals surface area (Å²) in [5.74, 6) is 0. The van der Waals surface area contributed by atoms with Gasteiger partial charge in [-0.15, -0.1) is 11.8 Å². The first-order valence-electron chi connectivity index (χ1n) is 2.63. The lowest BCUT2D eigenvalue weighted by molar-refractivity contribution is 0.862. The molecule has 0 radical (unpaired) electrons. The van der Waals surface area contributed by atoms with Crippen LogP contribution in [0.2, 0.25) is 0 Å². The van der Waals surface area contributed by atoms with E-state index in [1.807, 2.05) is 11.8 Å². The van der Waals surface area contributed by atoms with Crippen LogP contribution in [0.1, 0.15) is 19.8 Å². The van der Waals surface area contributed by atoms with Gasteiger partial charge in [0, 0.05) is 5.25 Å². The number of thioether (sulfide) groups is 1. The zero-order chi connectivity index (χ0) is 5.28. The maximum atomic E-state index is 3.87. The minimum Gasteiger partial charge on any atom is -0.128 e. The third-order valence-corrected chi connectivity index (χ3v) is 2.37. The Labute approximate surface area is 49.0 Å². The Kier molecular flexibility index (Phi) is 1.43. The fourth-order valence-corrected chi connectivity index (χ4v) is 1.81. The highest BCUT2D eigenvalue weighted by Gasteiger charge is 2.12. The second kappa shape index (κ2) is 1.91. The molecule has 0 spiro atoms. The van der Waals surface area contributed by atoms with Crippen molar-refractivity contribution in [2.24, 2.45) is 0 Å². The fourth-order valence-electron chi connectivity index (χ4n) is 0.767. The maximum Gasteiger partial charge on any atom is 0.00659 e. The molecule has 1 rings (SSSR count). The van der Waals surface area contributed by atoms with Crippen molar-refractivity contribution in [1.82, 2.24) is 0 Å². The average Bonchev–Trinajstić information content (AvgIpc) is 1.87. The highest BCUT2D eigenvalue weighted by molar-refractivity contribution is 8.03. The molecule has 0 aromatic rings. The standard InChI is InChI=1S/C6H10S/c1-5-3-4-6(2)7-5/h6H,1,3-4H2,2H3. The predicted molar refractivity (Wildman–Crippen MR) is 35.4 cm³/mol. The molecule has 1 aliphatic rings. The summed E-state index contributed by atoms with van der Waals surface area (Å²) in [5.41, 5.74) is 0. The summed E-state index contributed by atoms with van der Waals surface area (Å²) >= 11 is 1.93. The van der Waals surface area contributed by atoms with Crippen molar-refractivity contribution in [2.75, 3.05) is 0 Å². The Morgan fingerprint density at radius 3 is 2.71 bits per heavy atom. The normalized spacial score (nSPS) is 31.6. The molecule has 1 unspecified atom stereocenters. The molecule has 0 aliphatic carbocycles. The zero-order valence-electron chi connectivity index (χ0n) is 4.61. The van der Waals surface area contributed by atoms with Gasteiger partial charge in [-0.2, -0.15) is 0 Å². The lowest BCUT2D eigenvalue weighted by atomic mass is 10.3. The van der Waals surface area contributed by atoms with Gasteiger partial charge in [-0.3, -0.25) is 0 Å². The van der Waals surface area contributed by atoms with Crippen LogP contribution in [0.15, 0.2) is 11.5 Å². The summed E-state index contributed by atoms with van der Waals surface area (Å²) in [4.78, 5) is 1.37. The summed E-state index contributed by atoms with van der Waals surface area (Å²) in [6.45, 7) is 6.12. The van der Waals surface area contributed by atoms with Crippen LogP contribution in [-0.4, -0.2) is 5.25 Å². The molecule has 1 heteroatoms. The molecule has 1 fully saturated rings. The molecule has 0 saturated carbocycles. The Hall–Kier alpha value is 0.0900. The van der Waals surface area contributed by atoms with Crippen LogP contribution in [0.5, 0.6) is 0 Å². The zero-order valence-corrected chi connectivity index (χ0v) is 5.42. The molecule has 0 nitrogen and oxygen atoms in total. The van der Waals surface area contributed by atoms with Crippen LogP contribution in [-0.2, 0) is 0 Å². The van der Waals surface area contributed by atoms with Crippen molar-refractivity contribution in [1.29, 1.82) is 0 Å². The van der Waals surface area contributed by atoms with E-state index in [9.17, 15) is 0 Å². The molecular weight excluding hydrogens is 104 g/mol. The lowest BCUT2D eigenvalue weighted by Gasteiger charge is -1.92. The molecule has 0 N–H and O–H groups in total. The highest BCUT2D eigenvalue weighted by Crippen LogP contribution is 2.34. The van der Waals surface area contributed by atoms with Gasteiger partial charge in [0.05, 0.1) is 0 Å².